The van der Waals surface area contributed by atoms with Crippen LogP contribution < -0.4 is 16.8 Å². The molecule has 0 saturated carbocycles. The topological polar surface area (TPSA) is 101 Å². The highest BCUT2D eigenvalue weighted by atomic mass is 16.2. The van der Waals surface area contributed by atoms with Gasteiger partial charge in [-0.2, -0.15) is 0 Å². The van der Waals surface area contributed by atoms with E-state index in [1.54, 1.807) is 24.3 Å². The van der Waals surface area contributed by atoms with Crippen molar-refractivity contribution in [2.45, 2.75) is 25.3 Å². The van der Waals surface area contributed by atoms with Gasteiger partial charge in [0.05, 0.1) is 0 Å². The third-order valence-corrected chi connectivity index (χ3v) is 3.25. The number of carbonyl (C=O) groups excluding carboxylic acids is 2. The Balaban J connectivity index is 2.05. The zero-order valence-electron chi connectivity index (χ0n) is 10.6. The standard InChI is InChI=1S/C13H18N4O2/c14-9-4-6-10(7-5-9)16-13(19)17-8-2-1-3-11(17)12(15)18/h4-7,11H,1-3,8,14H2,(H2,15,18)(H,16,19). The van der Waals surface area contributed by atoms with E-state index in [1.807, 2.05) is 0 Å². The molecule has 0 aliphatic carbocycles. The number of nitrogen functional groups attached to an aromatic ring is 1. The summed E-state index contributed by atoms with van der Waals surface area (Å²) in [6.07, 6.45) is 2.43. The predicted molar refractivity (Wildman–Crippen MR) is 73.4 cm³/mol. The van der Waals surface area contributed by atoms with Gasteiger partial charge in [0.1, 0.15) is 6.04 Å². The van der Waals surface area contributed by atoms with Crippen molar-refractivity contribution in [3.05, 3.63) is 24.3 Å². The third kappa shape index (κ3) is 3.15. The lowest BCUT2D eigenvalue weighted by Crippen LogP contribution is -2.51. The number of urea groups is 1. The molecule has 6 heteroatoms. The fourth-order valence-corrected chi connectivity index (χ4v) is 2.23. The van der Waals surface area contributed by atoms with E-state index in [-0.39, 0.29) is 6.03 Å². The molecule has 1 aromatic carbocycles. The summed E-state index contributed by atoms with van der Waals surface area (Å²) in [5.41, 5.74) is 12.2. The highest BCUT2D eigenvalue weighted by molar-refractivity contribution is 5.93. The maximum absolute atomic E-state index is 12.1. The Morgan fingerprint density at radius 2 is 1.89 bits per heavy atom. The fraction of sp³-hybridized carbons (Fsp3) is 0.385. The number of anilines is 2. The average molecular weight is 262 g/mol. The number of hydrogen-bond acceptors (Lipinski definition) is 3. The minimum Gasteiger partial charge on any atom is -0.399 e. The molecule has 1 unspecified atom stereocenters. The molecule has 1 aromatic rings. The molecule has 2 rings (SSSR count). The molecule has 1 heterocycles. The van der Waals surface area contributed by atoms with Crippen LogP contribution in [0.1, 0.15) is 19.3 Å². The van der Waals surface area contributed by atoms with E-state index in [0.29, 0.717) is 24.3 Å². The van der Waals surface area contributed by atoms with Crippen LogP contribution in [-0.2, 0) is 4.79 Å². The van der Waals surface area contributed by atoms with Gasteiger partial charge in [-0.05, 0) is 43.5 Å². The quantitative estimate of drug-likeness (QED) is 0.696. The van der Waals surface area contributed by atoms with Crippen LogP contribution in [0.3, 0.4) is 0 Å². The zero-order chi connectivity index (χ0) is 13.8. The Morgan fingerprint density at radius 1 is 1.21 bits per heavy atom. The van der Waals surface area contributed by atoms with Gasteiger partial charge in [-0.15, -0.1) is 0 Å². The minimum atomic E-state index is -0.512. The first kappa shape index (κ1) is 13.2. The number of nitrogens with two attached hydrogens (primary N) is 2. The van der Waals surface area contributed by atoms with Crippen LogP contribution in [0.5, 0.6) is 0 Å². The van der Waals surface area contributed by atoms with Gasteiger partial charge >= 0.3 is 6.03 Å². The molecule has 1 atom stereocenters. The molecule has 1 aliphatic heterocycles. The Labute approximate surface area is 111 Å². The lowest BCUT2D eigenvalue weighted by Gasteiger charge is -2.33. The van der Waals surface area contributed by atoms with Crippen molar-refractivity contribution in [3.8, 4) is 0 Å². The molecule has 19 heavy (non-hydrogen) atoms. The number of primary amides is 1. The first-order valence-electron chi connectivity index (χ1n) is 6.30. The van der Waals surface area contributed by atoms with E-state index in [2.05, 4.69) is 5.32 Å². The average Bonchev–Trinajstić information content (AvgIpc) is 2.41. The first-order chi connectivity index (χ1) is 9.08. The van der Waals surface area contributed by atoms with E-state index in [9.17, 15) is 9.59 Å². The maximum Gasteiger partial charge on any atom is 0.322 e. The summed E-state index contributed by atoms with van der Waals surface area (Å²) < 4.78 is 0. The van der Waals surface area contributed by atoms with Crippen molar-refractivity contribution in [2.24, 2.45) is 5.73 Å². The van der Waals surface area contributed by atoms with Crippen LogP contribution in [0.4, 0.5) is 16.2 Å². The molecule has 3 amide bonds. The summed E-state index contributed by atoms with van der Waals surface area (Å²) in [5, 5.41) is 2.75. The summed E-state index contributed by atoms with van der Waals surface area (Å²) in [5.74, 6) is -0.452. The van der Waals surface area contributed by atoms with E-state index >= 15 is 0 Å². The summed E-state index contributed by atoms with van der Waals surface area (Å²) in [6.45, 7) is 0.550. The molecule has 0 radical (unpaired) electrons. The summed E-state index contributed by atoms with van der Waals surface area (Å²) >= 11 is 0. The molecule has 1 saturated heterocycles. The van der Waals surface area contributed by atoms with Crippen LogP contribution >= 0.6 is 0 Å². The lowest BCUT2D eigenvalue weighted by molar-refractivity contribution is -0.123. The smallest absolute Gasteiger partial charge is 0.322 e. The van der Waals surface area contributed by atoms with Gasteiger partial charge in [-0.1, -0.05) is 0 Å². The number of hydrogen-bond donors (Lipinski definition) is 3. The third-order valence-electron chi connectivity index (χ3n) is 3.25. The summed E-state index contributed by atoms with van der Waals surface area (Å²) in [4.78, 5) is 25.0. The van der Waals surface area contributed by atoms with E-state index in [0.717, 1.165) is 12.8 Å². The normalized spacial score (nSPS) is 18.9. The minimum absolute atomic E-state index is 0.298. The van der Waals surface area contributed by atoms with E-state index in [1.165, 1.54) is 4.90 Å². The molecular weight excluding hydrogens is 244 g/mol. The summed E-state index contributed by atoms with van der Waals surface area (Å²) in [7, 11) is 0. The van der Waals surface area contributed by atoms with Crippen LogP contribution in [0, 0.1) is 0 Å². The van der Waals surface area contributed by atoms with Crippen molar-refractivity contribution in [3.63, 3.8) is 0 Å². The predicted octanol–water partition coefficient (Wildman–Crippen LogP) is 1.14. The number of piperidine rings is 1. The van der Waals surface area contributed by atoms with Crippen molar-refractivity contribution in [2.75, 3.05) is 17.6 Å². The van der Waals surface area contributed by atoms with Crippen LogP contribution in [0.2, 0.25) is 0 Å². The van der Waals surface area contributed by atoms with Crippen molar-refractivity contribution in [1.29, 1.82) is 0 Å². The SMILES string of the molecule is NC(=O)C1CCCCN1C(=O)Nc1ccc(N)cc1. The van der Waals surface area contributed by atoms with Crippen molar-refractivity contribution >= 4 is 23.3 Å². The number of carbonyl (C=O) groups is 2. The molecule has 0 aromatic heterocycles. The second-order valence-electron chi connectivity index (χ2n) is 4.66. The summed E-state index contributed by atoms with van der Waals surface area (Å²) in [6, 6.07) is 6.04. The Hall–Kier alpha value is -2.24. The van der Waals surface area contributed by atoms with Crippen LogP contribution in [0.25, 0.3) is 0 Å². The van der Waals surface area contributed by atoms with Gasteiger partial charge < -0.3 is 21.7 Å². The Bertz CT molecular complexity index is 472. The van der Waals surface area contributed by atoms with Gasteiger partial charge in [0.25, 0.3) is 0 Å². The van der Waals surface area contributed by atoms with Gasteiger partial charge in [0.2, 0.25) is 5.91 Å². The van der Waals surface area contributed by atoms with Crippen LogP contribution in [-0.4, -0.2) is 29.4 Å². The van der Waals surface area contributed by atoms with Gasteiger partial charge in [-0.25, -0.2) is 4.79 Å². The van der Waals surface area contributed by atoms with Crippen molar-refractivity contribution in [1.82, 2.24) is 4.90 Å². The molecule has 1 fully saturated rings. The van der Waals surface area contributed by atoms with E-state index < -0.39 is 11.9 Å². The number of rotatable bonds is 2. The monoisotopic (exact) mass is 262 g/mol. The molecular formula is C13H18N4O2. The molecule has 1 aliphatic rings. The Morgan fingerprint density at radius 3 is 2.53 bits per heavy atom. The molecule has 0 bridgehead atoms. The highest BCUT2D eigenvalue weighted by Gasteiger charge is 2.30. The first-order valence-corrected chi connectivity index (χ1v) is 6.30. The Kier molecular flexibility index (Phi) is 3.89. The molecule has 6 nitrogen and oxygen atoms in total. The second kappa shape index (κ2) is 5.60. The van der Waals surface area contributed by atoms with Gasteiger partial charge in [0.15, 0.2) is 0 Å². The van der Waals surface area contributed by atoms with Crippen LogP contribution in [0.15, 0.2) is 24.3 Å². The molecule has 0 spiro atoms. The van der Waals surface area contributed by atoms with Crippen molar-refractivity contribution < 1.29 is 9.59 Å². The number of benzene rings is 1. The molecule has 5 N–H and O–H groups in total. The molecule has 102 valence electrons. The zero-order valence-corrected chi connectivity index (χ0v) is 10.6. The fourth-order valence-electron chi connectivity index (χ4n) is 2.23. The van der Waals surface area contributed by atoms with Gasteiger partial charge in [-0.3, -0.25) is 4.79 Å². The number of amides is 3. The van der Waals surface area contributed by atoms with E-state index in [4.69, 9.17) is 11.5 Å². The maximum atomic E-state index is 12.1. The van der Waals surface area contributed by atoms with Gasteiger partial charge in [0, 0.05) is 17.9 Å². The number of likely N-dealkylation sites (tertiary alicyclic amines) is 1. The number of nitrogens with zero attached hydrogens (tertiary/aromatic N) is 1. The number of nitrogens with one attached hydrogen (secondary N) is 1. The largest absolute Gasteiger partial charge is 0.399 e. The lowest BCUT2D eigenvalue weighted by atomic mass is 10.0. The highest BCUT2D eigenvalue weighted by Crippen LogP contribution is 2.19. The second-order valence-corrected chi connectivity index (χ2v) is 4.66.